The smallest absolute Gasteiger partial charge is 0.0902 e. The summed E-state index contributed by atoms with van der Waals surface area (Å²) in [7, 11) is 0. The highest BCUT2D eigenvalue weighted by Gasteiger charge is 2.14. The van der Waals surface area contributed by atoms with Gasteiger partial charge in [-0.3, -0.25) is 0 Å². The van der Waals surface area contributed by atoms with Gasteiger partial charge in [-0.2, -0.15) is 0 Å². The highest BCUT2D eigenvalue weighted by atomic mass is 79.9. The second-order valence-corrected chi connectivity index (χ2v) is 7.76. The van der Waals surface area contributed by atoms with Crippen LogP contribution >= 0.6 is 27.3 Å². The van der Waals surface area contributed by atoms with Crippen LogP contribution in [0.1, 0.15) is 0 Å². The second-order valence-electron chi connectivity index (χ2n) is 5.79. The van der Waals surface area contributed by atoms with E-state index in [4.69, 9.17) is 4.98 Å². The Bertz CT molecular complexity index is 1210. The SMILES string of the molecule is Brc1ccc(-c2nc3c4ccccc4sc3c3ccccc23)cc1. The van der Waals surface area contributed by atoms with E-state index < -0.39 is 0 Å². The largest absolute Gasteiger partial charge is 0.246 e. The number of pyridine rings is 1. The molecule has 114 valence electrons. The van der Waals surface area contributed by atoms with Gasteiger partial charge in [0.1, 0.15) is 0 Å². The maximum absolute atomic E-state index is 5.09. The van der Waals surface area contributed by atoms with Crippen LogP contribution in [0.2, 0.25) is 0 Å². The Morgan fingerprint density at radius 1 is 0.708 bits per heavy atom. The lowest BCUT2D eigenvalue weighted by Crippen LogP contribution is -1.87. The molecule has 0 amide bonds. The molecule has 0 spiro atoms. The fraction of sp³-hybridized carbons (Fsp3) is 0. The highest BCUT2D eigenvalue weighted by Crippen LogP contribution is 2.40. The van der Waals surface area contributed by atoms with Crippen molar-refractivity contribution in [3.05, 3.63) is 77.3 Å². The highest BCUT2D eigenvalue weighted by molar-refractivity contribution is 9.10. The van der Waals surface area contributed by atoms with E-state index in [2.05, 4.69) is 88.7 Å². The summed E-state index contributed by atoms with van der Waals surface area (Å²) in [5, 5.41) is 3.72. The Labute approximate surface area is 151 Å². The standard InChI is InChI=1S/C21H12BrNS/c22-14-11-9-13(10-12-14)19-15-5-1-2-6-16(15)21-20(23-19)17-7-3-4-8-18(17)24-21/h1-12H. The summed E-state index contributed by atoms with van der Waals surface area (Å²) in [5.74, 6) is 0. The van der Waals surface area contributed by atoms with Crippen molar-refractivity contribution < 1.29 is 0 Å². The summed E-state index contributed by atoms with van der Waals surface area (Å²) >= 11 is 5.34. The minimum atomic E-state index is 1.05. The first-order valence-corrected chi connectivity index (χ1v) is 9.38. The van der Waals surface area contributed by atoms with Gasteiger partial charge in [0.2, 0.25) is 0 Å². The molecule has 2 heterocycles. The van der Waals surface area contributed by atoms with Gasteiger partial charge in [-0.05, 0) is 18.2 Å². The van der Waals surface area contributed by atoms with Gasteiger partial charge in [-0.15, -0.1) is 11.3 Å². The van der Waals surface area contributed by atoms with Gasteiger partial charge < -0.3 is 0 Å². The first-order chi connectivity index (χ1) is 11.8. The van der Waals surface area contributed by atoms with Crippen LogP contribution in [0.3, 0.4) is 0 Å². The van der Waals surface area contributed by atoms with E-state index in [0.717, 1.165) is 21.2 Å². The summed E-state index contributed by atoms with van der Waals surface area (Å²) in [6.07, 6.45) is 0. The predicted octanol–water partition coefficient (Wildman–Crippen LogP) is 7.03. The van der Waals surface area contributed by atoms with Gasteiger partial charge in [-0.25, -0.2) is 4.98 Å². The van der Waals surface area contributed by atoms with Gasteiger partial charge in [0.25, 0.3) is 0 Å². The van der Waals surface area contributed by atoms with E-state index in [1.54, 1.807) is 0 Å². The van der Waals surface area contributed by atoms with Crippen LogP contribution in [0.15, 0.2) is 77.3 Å². The van der Waals surface area contributed by atoms with Crippen LogP contribution in [0.4, 0.5) is 0 Å². The van der Waals surface area contributed by atoms with Gasteiger partial charge >= 0.3 is 0 Å². The molecule has 0 aliphatic heterocycles. The van der Waals surface area contributed by atoms with Crippen molar-refractivity contribution in [3.8, 4) is 11.3 Å². The molecule has 1 nitrogen and oxygen atoms in total. The van der Waals surface area contributed by atoms with Gasteiger partial charge in [0, 0.05) is 30.9 Å². The molecule has 0 atom stereocenters. The van der Waals surface area contributed by atoms with E-state index in [1.807, 2.05) is 11.3 Å². The van der Waals surface area contributed by atoms with E-state index in [-0.39, 0.29) is 0 Å². The fourth-order valence-corrected chi connectivity index (χ4v) is 4.66. The summed E-state index contributed by atoms with van der Waals surface area (Å²) in [4.78, 5) is 5.09. The fourth-order valence-electron chi connectivity index (χ4n) is 3.21. The summed E-state index contributed by atoms with van der Waals surface area (Å²) in [6.45, 7) is 0. The number of nitrogens with zero attached hydrogens (tertiary/aromatic N) is 1. The number of hydrogen-bond donors (Lipinski definition) is 0. The number of thiophene rings is 1. The monoisotopic (exact) mass is 389 g/mol. The molecule has 0 saturated carbocycles. The Hall–Kier alpha value is -2.23. The average Bonchev–Trinajstić information content (AvgIpc) is 3.01. The van der Waals surface area contributed by atoms with Crippen molar-refractivity contribution in [1.29, 1.82) is 0 Å². The Balaban J connectivity index is 1.97. The molecule has 0 bridgehead atoms. The van der Waals surface area contributed by atoms with Crippen molar-refractivity contribution in [3.63, 3.8) is 0 Å². The molecule has 5 aromatic rings. The molecule has 0 unspecified atom stereocenters. The van der Waals surface area contributed by atoms with E-state index in [0.29, 0.717) is 0 Å². The van der Waals surface area contributed by atoms with Crippen molar-refractivity contribution in [1.82, 2.24) is 4.98 Å². The average molecular weight is 390 g/mol. The zero-order valence-corrected chi connectivity index (χ0v) is 15.1. The van der Waals surface area contributed by atoms with Crippen LogP contribution in [0.5, 0.6) is 0 Å². The third-order valence-corrected chi connectivity index (χ3v) is 6.06. The van der Waals surface area contributed by atoms with E-state index in [9.17, 15) is 0 Å². The molecule has 3 aromatic carbocycles. The first kappa shape index (κ1) is 14.1. The van der Waals surface area contributed by atoms with Crippen molar-refractivity contribution >= 4 is 58.3 Å². The molecular formula is C21H12BrNS. The molecule has 0 saturated heterocycles. The molecule has 0 fully saturated rings. The number of fused-ring (bicyclic) bond motifs is 5. The molecule has 24 heavy (non-hydrogen) atoms. The van der Waals surface area contributed by atoms with Crippen molar-refractivity contribution in [2.75, 3.05) is 0 Å². The van der Waals surface area contributed by atoms with Crippen LogP contribution in [0.25, 0.3) is 42.3 Å². The van der Waals surface area contributed by atoms with E-state index >= 15 is 0 Å². The van der Waals surface area contributed by atoms with Crippen molar-refractivity contribution in [2.45, 2.75) is 0 Å². The molecule has 0 radical (unpaired) electrons. The molecule has 2 aromatic heterocycles. The molecule has 3 heteroatoms. The summed E-state index contributed by atoms with van der Waals surface area (Å²) in [6, 6.07) is 25.5. The van der Waals surface area contributed by atoms with Crippen molar-refractivity contribution in [2.24, 2.45) is 0 Å². The van der Waals surface area contributed by atoms with Gasteiger partial charge in [0.15, 0.2) is 0 Å². The Morgan fingerprint density at radius 3 is 2.17 bits per heavy atom. The summed E-state index contributed by atoms with van der Waals surface area (Å²) < 4.78 is 3.64. The third-order valence-electron chi connectivity index (χ3n) is 4.34. The number of halogens is 1. The van der Waals surface area contributed by atoms with Crippen LogP contribution in [0, 0.1) is 0 Å². The second kappa shape index (κ2) is 5.40. The Kier molecular flexibility index (Phi) is 3.18. The minimum Gasteiger partial charge on any atom is -0.246 e. The molecule has 5 rings (SSSR count). The van der Waals surface area contributed by atoms with Crippen LogP contribution in [-0.4, -0.2) is 4.98 Å². The van der Waals surface area contributed by atoms with Crippen LogP contribution < -0.4 is 0 Å². The number of rotatable bonds is 1. The maximum Gasteiger partial charge on any atom is 0.0902 e. The van der Waals surface area contributed by atoms with Gasteiger partial charge in [-0.1, -0.05) is 70.5 Å². The lowest BCUT2D eigenvalue weighted by molar-refractivity contribution is 1.44. The lowest BCUT2D eigenvalue weighted by Gasteiger charge is -2.08. The number of benzene rings is 3. The third kappa shape index (κ3) is 2.09. The number of aromatic nitrogens is 1. The van der Waals surface area contributed by atoms with E-state index in [1.165, 1.54) is 25.6 Å². The zero-order chi connectivity index (χ0) is 16.1. The Morgan fingerprint density at radius 2 is 1.38 bits per heavy atom. The molecule has 0 aliphatic rings. The number of hydrogen-bond acceptors (Lipinski definition) is 2. The predicted molar refractivity (Wildman–Crippen MR) is 108 cm³/mol. The van der Waals surface area contributed by atoms with Crippen LogP contribution in [-0.2, 0) is 0 Å². The zero-order valence-electron chi connectivity index (χ0n) is 12.7. The van der Waals surface area contributed by atoms with Gasteiger partial charge in [0.05, 0.1) is 15.9 Å². The topological polar surface area (TPSA) is 12.9 Å². The maximum atomic E-state index is 5.09. The minimum absolute atomic E-state index is 1.05. The lowest BCUT2D eigenvalue weighted by atomic mass is 10.0. The molecule has 0 N–H and O–H groups in total. The quantitative estimate of drug-likeness (QED) is 0.299. The first-order valence-electron chi connectivity index (χ1n) is 7.77. The molecular weight excluding hydrogens is 378 g/mol. The normalized spacial score (nSPS) is 11.5. The summed E-state index contributed by atoms with van der Waals surface area (Å²) in [5.41, 5.74) is 3.30. The molecule has 0 aliphatic carbocycles.